The lowest BCUT2D eigenvalue weighted by Gasteiger charge is -2.42. The number of hydrogen-bond donors (Lipinski definition) is 1. The second-order valence-corrected chi connectivity index (χ2v) is 9.66. The number of nitrogens with one attached hydrogen (secondary N) is 1. The molecule has 1 aromatic heterocycles. The Labute approximate surface area is 196 Å². The third kappa shape index (κ3) is 5.44. The smallest absolute Gasteiger partial charge is 0.251 e. The first-order valence-electron chi connectivity index (χ1n) is 12.2. The zero-order valence-corrected chi connectivity index (χ0v) is 19.8. The standard InChI is InChI=1S/C27H35N3O3/c1-20(2)29-26(32)27(12-15-30(16-13-27)25(31)24-11-5-6-17-33-24)18-21-8-3-4-10-23(21)22-9-7-14-28-19-22/h3-4,7-10,14,19-20,24H,5-6,11-13,15-18H2,1-2H3,(H,29,32)/t24-/m0/s1. The van der Waals surface area contributed by atoms with E-state index in [1.165, 1.54) is 0 Å². The number of nitrogens with zero attached hydrogens (tertiary/aromatic N) is 2. The summed E-state index contributed by atoms with van der Waals surface area (Å²) in [5.41, 5.74) is 2.75. The highest BCUT2D eigenvalue weighted by Gasteiger charge is 2.43. The number of rotatable bonds is 6. The molecule has 2 aliphatic heterocycles. The van der Waals surface area contributed by atoms with E-state index in [2.05, 4.69) is 28.5 Å². The van der Waals surface area contributed by atoms with Crippen LogP contribution in [-0.4, -0.2) is 53.5 Å². The maximum Gasteiger partial charge on any atom is 0.251 e. The number of carbonyl (C=O) groups is 2. The molecular formula is C27H35N3O3. The first-order chi connectivity index (χ1) is 16.0. The number of piperidine rings is 1. The molecule has 33 heavy (non-hydrogen) atoms. The van der Waals surface area contributed by atoms with Crippen LogP contribution in [0.2, 0.25) is 0 Å². The Bertz CT molecular complexity index is 946. The predicted molar refractivity (Wildman–Crippen MR) is 128 cm³/mol. The topological polar surface area (TPSA) is 71.5 Å². The van der Waals surface area contributed by atoms with Gasteiger partial charge in [-0.15, -0.1) is 0 Å². The Morgan fingerprint density at radius 3 is 2.61 bits per heavy atom. The fourth-order valence-electron chi connectivity index (χ4n) is 5.04. The highest BCUT2D eigenvalue weighted by molar-refractivity contribution is 5.85. The normalized spacial score (nSPS) is 20.5. The first kappa shape index (κ1) is 23.4. The van der Waals surface area contributed by atoms with Crippen LogP contribution in [0.4, 0.5) is 0 Å². The Morgan fingerprint density at radius 2 is 1.94 bits per heavy atom. The van der Waals surface area contributed by atoms with Crippen LogP contribution in [0.5, 0.6) is 0 Å². The minimum absolute atomic E-state index is 0.0678. The fraction of sp³-hybridized carbons (Fsp3) is 0.519. The molecule has 0 bridgehead atoms. The molecule has 176 valence electrons. The molecular weight excluding hydrogens is 414 g/mol. The summed E-state index contributed by atoms with van der Waals surface area (Å²) in [7, 11) is 0. The third-order valence-corrected chi connectivity index (χ3v) is 6.91. The summed E-state index contributed by atoms with van der Waals surface area (Å²) in [5, 5.41) is 3.16. The van der Waals surface area contributed by atoms with E-state index in [1.807, 2.05) is 43.1 Å². The van der Waals surface area contributed by atoms with Crippen LogP contribution in [0.3, 0.4) is 0 Å². The molecule has 0 radical (unpaired) electrons. The SMILES string of the molecule is CC(C)NC(=O)C1(Cc2ccccc2-c2cccnc2)CCN(C(=O)[C@@H]2CCCCO2)CC1. The number of aromatic nitrogens is 1. The van der Waals surface area contributed by atoms with E-state index in [-0.39, 0.29) is 24.0 Å². The van der Waals surface area contributed by atoms with Crippen molar-refractivity contribution in [2.24, 2.45) is 5.41 Å². The molecule has 4 rings (SSSR count). The van der Waals surface area contributed by atoms with Crippen molar-refractivity contribution in [2.45, 2.75) is 64.5 Å². The number of amides is 2. The Morgan fingerprint density at radius 1 is 1.15 bits per heavy atom. The van der Waals surface area contributed by atoms with Crippen molar-refractivity contribution in [3.63, 3.8) is 0 Å². The van der Waals surface area contributed by atoms with Gasteiger partial charge in [-0.2, -0.15) is 0 Å². The van der Waals surface area contributed by atoms with Gasteiger partial charge < -0.3 is 15.0 Å². The Kier molecular flexibility index (Phi) is 7.43. The quantitative estimate of drug-likeness (QED) is 0.724. The molecule has 6 heteroatoms. The van der Waals surface area contributed by atoms with Gasteiger partial charge in [0.25, 0.3) is 5.91 Å². The predicted octanol–water partition coefficient (Wildman–Crippen LogP) is 3.99. The van der Waals surface area contributed by atoms with Crippen LogP contribution in [0, 0.1) is 5.41 Å². The van der Waals surface area contributed by atoms with Crippen LogP contribution < -0.4 is 5.32 Å². The second-order valence-electron chi connectivity index (χ2n) is 9.66. The number of likely N-dealkylation sites (tertiary alicyclic amines) is 1. The first-order valence-corrected chi connectivity index (χ1v) is 12.2. The summed E-state index contributed by atoms with van der Waals surface area (Å²) in [4.78, 5) is 32.7. The van der Waals surface area contributed by atoms with Gasteiger partial charge in [0.05, 0.1) is 5.41 Å². The molecule has 0 aliphatic carbocycles. The van der Waals surface area contributed by atoms with E-state index in [4.69, 9.17) is 4.74 Å². The second kappa shape index (κ2) is 10.5. The molecule has 6 nitrogen and oxygen atoms in total. The highest BCUT2D eigenvalue weighted by Crippen LogP contribution is 2.38. The molecule has 0 spiro atoms. The summed E-state index contributed by atoms with van der Waals surface area (Å²) in [6, 6.07) is 12.3. The molecule has 2 aliphatic rings. The van der Waals surface area contributed by atoms with Crippen molar-refractivity contribution in [3.05, 3.63) is 54.4 Å². The average molecular weight is 450 g/mol. The maximum atomic E-state index is 13.5. The molecule has 3 heterocycles. The zero-order chi connectivity index (χ0) is 23.3. The summed E-state index contributed by atoms with van der Waals surface area (Å²) < 4.78 is 5.73. The lowest BCUT2D eigenvalue weighted by atomic mass is 9.71. The lowest BCUT2D eigenvalue weighted by molar-refractivity contribution is -0.151. The molecule has 2 aromatic rings. The summed E-state index contributed by atoms with van der Waals surface area (Å²) in [6.45, 7) is 5.82. The molecule has 2 amide bonds. The number of pyridine rings is 1. The van der Waals surface area contributed by atoms with Gasteiger partial charge in [-0.05, 0) is 69.6 Å². The number of hydrogen-bond acceptors (Lipinski definition) is 4. The van der Waals surface area contributed by atoms with Crippen molar-refractivity contribution >= 4 is 11.8 Å². The van der Waals surface area contributed by atoms with Crippen LogP contribution in [-0.2, 0) is 20.7 Å². The molecule has 1 atom stereocenters. The average Bonchev–Trinajstić information content (AvgIpc) is 2.85. The Hall–Kier alpha value is -2.73. The van der Waals surface area contributed by atoms with Crippen LogP contribution in [0.15, 0.2) is 48.8 Å². The van der Waals surface area contributed by atoms with E-state index in [0.29, 0.717) is 39.0 Å². The van der Waals surface area contributed by atoms with Crippen LogP contribution in [0.25, 0.3) is 11.1 Å². The maximum absolute atomic E-state index is 13.5. The molecule has 2 saturated heterocycles. The fourth-order valence-corrected chi connectivity index (χ4v) is 5.04. The van der Waals surface area contributed by atoms with Crippen molar-refractivity contribution in [2.75, 3.05) is 19.7 Å². The molecule has 0 saturated carbocycles. The van der Waals surface area contributed by atoms with Crippen molar-refractivity contribution < 1.29 is 14.3 Å². The molecule has 1 N–H and O–H groups in total. The largest absolute Gasteiger partial charge is 0.368 e. The van der Waals surface area contributed by atoms with Crippen LogP contribution >= 0.6 is 0 Å². The molecule has 1 aromatic carbocycles. The van der Waals surface area contributed by atoms with E-state index < -0.39 is 5.41 Å². The van der Waals surface area contributed by atoms with Gasteiger partial charge in [0.15, 0.2) is 0 Å². The van der Waals surface area contributed by atoms with E-state index >= 15 is 0 Å². The van der Waals surface area contributed by atoms with E-state index in [9.17, 15) is 9.59 Å². The number of benzene rings is 1. The minimum Gasteiger partial charge on any atom is -0.368 e. The third-order valence-electron chi connectivity index (χ3n) is 6.91. The number of carbonyl (C=O) groups excluding carboxylic acids is 2. The number of ether oxygens (including phenoxy) is 1. The Balaban J connectivity index is 1.56. The van der Waals surface area contributed by atoms with Crippen LogP contribution in [0.1, 0.15) is 51.5 Å². The van der Waals surface area contributed by atoms with Gasteiger partial charge in [0, 0.05) is 43.7 Å². The van der Waals surface area contributed by atoms with Crippen molar-refractivity contribution in [1.82, 2.24) is 15.2 Å². The molecule has 0 unspecified atom stereocenters. The van der Waals surface area contributed by atoms with Gasteiger partial charge in [0.2, 0.25) is 5.91 Å². The van der Waals surface area contributed by atoms with Crippen molar-refractivity contribution in [3.8, 4) is 11.1 Å². The minimum atomic E-state index is -0.549. The zero-order valence-electron chi connectivity index (χ0n) is 19.8. The summed E-state index contributed by atoms with van der Waals surface area (Å²) >= 11 is 0. The van der Waals surface area contributed by atoms with Gasteiger partial charge in [-0.1, -0.05) is 30.3 Å². The van der Waals surface area contributed by atoms with Gasteiger partial charge in [0.1, 0.15) is 6.10 Å². The van der Waals surface area contributed by atoms with Gasteiger partial charge in [-0.25, -0.2) is 0 Å². The lowest BCUT2D eigenvalue weighted by Crippen LogP contribution is -2.54. The summed E-state index contributed by atoms with van der Waals surface area (Å²) in [6.07, 6.45) is 8.11. The molecule has 2 fully saturated rings. The highest BCUT2D eigenvalue weighted by atomic mass is 16.5. The monoisotopic (exact) mass is 449 g/mol. The summed E-state index contributed by atoms with van der Waals surface area (Å²) in [5.74, 6) is 0.169. The van der Waals surface area contributed by atoms with E-state index in [0.717, 1.165) is 36.0 Å². The van der Waals surface area contributed by atoms with Crippen molar-refractivity contribution in [1.29, 1.82) is 0 Å². The van der Waals surface area contributed by atoms with Gasteiger partial charge in [-0.3, -0.25) is 14.6 Å². The van der Waals surface area contributed by atoms with Gasteiger partial charge >= 0.3 is 0 Å². The van der Waals surface area contributed by atoms with E-state index in [1.54, 1.807) is 6.20 Å².